The maximum Gasteiger partial charge on any atom is 0.250 e. The van der Waals surface area contributed by atoms with Crippen LogP contribution in [-0.4, -0.2) is 49.1 Å². The van der Waals surface area contributed by atoms with E-state index in [1.165, 1.54) is 50.5 Å². The van der Waals surface area contributed by atoms with Crippen molar-refractivity contribution in [2.45, 2.75) is 4.34 Å². The molecule has 9 nitrogen and oxygen atoms in total. The molecule has 0 aliphatic rings. The van der Waals surface area contributed by atoms with Gasteiger partial charge < -0.3 is 19.5 Å². The van der Waals surface area contributed by atoms with Gasteiger partial charge in [-0.25, -0.2) is 0 Å². The standard InChI is InChI=1S/C26H24N4O5S2/c1-33-20-13-16(14-21(34-2)24(20)35-3)11-12-22(31)28-25-29-30-26(37-25)36-15-23(32)27-19-10-6-8-17-7-4-5-9-18(17)19/h4-14H,15H2,1-3H3,(H,27,32)(H,28,29,31)/b12-11+. The van der Waals surface area contributed by atoms with Gasteiger partial charge in [0.2, 0.25) is 22.7 Å². The second-order valence-electron chi connectivity index (χ2n) is 7.52. The number of hydrogen-bond donors (Lipinski definition) is 2. The lowest BCUT2D eigenvalue weighted by Gasteiger charge is -2.12. The molecule has 37 heavy (non-hydrogen) atoms. The number of aromatic nitrogens is 2. The first kappa shape index (κ1) is 26.0. The molecule has 0 saturated heterocycles. The number of hydrogen-bond acceptors (Lipinski definition) is 9. The minimum Gasteiger partial charge on any atom is -0.493 e. The Morgan fingerprint density at radius 1 is 0.946 bits per heavy atom. The number of carbonyl (C=O) groups is 2. The van der Waals surface area contributed by atoms with Crippen molar-refractivity contribution in [2.24, 2.45) is 0 Å². The van der Waals surface area contributed by atoms with Crippen molar-refractivity contribution in [3.8, 4) is 17.2 Å². The Hall–Kier alpha value is -4.09. The van der Waals surface area contributed by atoms with E-state index in [2.05, 4.69) is 20.8 Å². The maximum absolute atomic E-state index is 12.5. The summed E-state index contributed by atoms with van der Waals surface area (Å²) in [5.74, 6) is 1.06. The molecule has 0 unspecified atom stereocenters. The molecule has 0 radical (unpaired) electrons. The number of fused-ring (bicyclic) bond motifs is 1. The number of benzene rings is 3. The molecule has 0 fully saturated rings. The van der Waals surface area contributed by atoms with E-state index < -0.39 is 0 Å². The van der Waals surface area contributed by atoms with Crippen molar-refractivity contribution < 1.29 is 23.8 Å². The van der Waals surface area contributed by atoms with Crippen molar-refractivity contribution in [3.05, 3.63) is 66.2 Å². The molecule has 190 valence electrons. The lowest BCUT2D eigenvalue weighted by molar-refractivity contribution is -0.114. The molecule has 11 heteroatoms. The fourth-order valence-corrected chi connectivity index (χ4v) is 5.04. The first-order valence-electron chi connectivity index (χ1n) is 11.0. The second-order valence-corrected chi connectivity index (χ2v) is 9.72. The third-order valence-corrected chi connectivity index (χ3v) is 7.11. The third-order valence-electron chi connectivity index (χ3n) is 5.14. The second kappa shape index (κ2) is 12.2. The van der Waals surface area contributed by atoms with Crippen LogP contribution >= 0.6 is 23.1 Å². The van der Waals surface area contributed by atoms with Crippen LogP contribution in [0.2, 0.25) is 0 Å². The molecular formula is C26H24N4O5S2. The summed E-state index contributed by atoms with van der Waals surface area (Å²) >= 11 is 2.44. The predicted molar refractivity (Wildman–Crippen MR) is 147 cm³/mol. The van der Waals surface area contributed by atoms with Crippen LogP contribution in [0.1, 0.15) is 5.56 Å². The molecule has 0 saturated carbocycles. The first-order chi connectivity index (χ1) is 18.0. The van der Waals surface area contributed by atoms with Gasteiger partial charge in [-0.1, -0.05) is 59.5 Å². The first-order valence-corrected chi connectivity index (χ1v) is 12.8. The van der Waals surface area contributed by atoms with Crippen LogP contribution in [-0.2, 0) is 9.59 Å². The molecule has 0 aliphatic carbocycles. The van der Waals surface area contributed by atoms with Crippen molar-refractivity contribution in [1.82, 2.24) is 10.2 Å². The van der Waals surface area contributed by atoms with Crippen LogP contribution in [0.15, 0.2) is 65.0 Å². The Bertz CT molecular complexity index is 1420. The van der Waals surface area contributed by atoms with Gasteiger partial charge in [0.1, 0.15) is 0 Å². The van der Waals surface area contributed by atoms with Crippen LogP contribution in [0.3, 0.4) is 0 Å². The van der Waals surface area contributed by atoms with Gasteiger partial charge in [0, 0.05) is 17.1 Å². The Morgan fingerprint density at radius 3 is 2.41 bits per heavy atom. The molecule has 3 aromatic carbocycles. The molecule has 0 bridgehead atoms. The number of rotatable bonds is 10. The summed E-state index contributed by atoms with van der Waals surface area (Å²) in [7, 11) is 4.57. The van der Waals surface area contributed by atoms with E-state index in [-0.39, 0.29) is 17.6 Å². The maximum atomic E-state index is 12.5. The number of nitrogens with one attached hydrogen (secondary N) is 2. The zero-order valence-electron chi connectivity index (χ0n) is 20.3. The van der Waals surface area contributed by atoms with Crippen LogP contribution in [0.25, 0.3) is 16.8 Å². The molecule has 0 atom stereocenters. The highest BCUT2D eigenvalue weighted by Crippen LogP contribution is 2.38. The zero-order valence-corrected chi connectivity index (χ0v) is 21.9. The highest BCUT2D eigenvalue weighted by molar-refractivity contribution is 8.01. The molecule has 2 amide bonds. The molecule has 1 aromatic heterocycles. The Morgan fingerprint density at radius 2 is 1.68 bits per heavy atom. The minimum absolute atomic E-state index is 0.157. The molecule has 0 aliphatic heterocycles. The normalized spacial score (nSPS) is 10.9. The fourth-order valence-electron chi connectivity index (χ4n) is 3.48. The van der Waals surface area contributed by atoms with Crippen LogP contribution < -0.4 is 24.8 Å². The summed E-state index contributed by atoms with van der Waals surface area (Å²) < 4.78 is 16.5. The van der Waals surface area contributed by atoms with Crippen LogP contribution in [0, 0.1) is 0 Å². The highest BCUT2D eigenvalue weighted by Gasteiger charge is 2.13. The van der Waals surface area contributed by atoms with E-state index in [1.807, 2.05) is 42.5 Å². The van der Waals surface area contributed by atoms with Crippen LogP contribution in [0.4, 0.5) is 10.8 Å². The number of methoxy groups -OCH3 is 3. The van der Waals surface area contributed by atoms with Crippen molar-refractivity contribution in [3.63, 3.8) is 0 Å². The van der Waals surface area contributed by atoms with Gasteiger partial charge in [0.25, 0.3) is 0 Å². The van der Waals surface area contributed by atoms with Crippen molar-refractivity contribution >= 4 is 62.6 Å². The number of ether oxygens (including phenoxy) is 3. The van der Waals surface area contributed by atoms with E-state index in [1.54, 1.807) is 18.2 Å². The van der Waals surface area contributed by atoms with Gasteiger partial charge in [-0.2, -0.15) is 0 Å². The van der Waals surface area contributed by atoms with Gasteiger partial charge in [-0.15, -0.1) is 10.2 Å². The molecule has 2 N–H and O–H groups in total. The number of thioether (sulfide) groups is 1. The van der Waals surface area contributed by atoms with E-state index >= 15 is 0 Å². The number of anilines is 2. The molecule has 4 aromatic rings. The summed E-state index contributed by atoms with van der Waals surface area (Å²) in [6.45, 7) is 0. The van der Waals surface area contributed by atoms with Gasteiger partial charge >= 0.3 is 0 Å². The SMILES string of the molecule is COc1cc(/C=C/C(=O)Nc2nnc(SCC(=O)Nc3cccc4ccccc34)s2)cc(OC)c1OC. The molecule has 0 spiro atoms. The topological polar surface area (TPSA) is 112 Å². The average Bonchev–Trinajstić information content (AvgIpc) is 3.37. The number of carbonyl (C=O) groups excluding carboxylic acids is 2. The Kier molecular flexibility index (Phi) is 8.60. The van der Waals surface area contributed by atoms with Gasteiger partial charge in [-0.05, 0) is 35.2 Å². The van der Waals surface area contributed by atoms with Crippen molar-refractivity contribution in [1.29, 1.82) is 0 Å². The van der Waals surface area contributed by atoms with Gasteiger partial charge in [-0.3, -0.25) is 14.9 Å². The lowest BCUT2D eigenvalue weighted by Crippen LogP contribution is -2.14. The van der Waals surface area contributed by atoms with Crippen LogP contribution in [0.5, 0.6) is 17.2 Å². The smallest absolute Gasteiger partial charge is 0.250 e. The number of amides is 2. The summed E-state index contributed by atoms with van der Waals surface area (Å²) in [6.07, 6.45) is 2.99. The zero-order chi connectivity index (χ0) is 26.2. The fraction of sp³-hybridized carbons (Fsp3) is 0.154. The molecule has 1 heterocycles. The quantitative estimate of drug-likeness (QED) is 0.164. The predicted octanol–water partition coefficient (Wildman–Crippen LogP) is 5.10. The Balaban J connectivity index is 1.32. The summed E-state index contributed by atoms with van der Waals surface area (Å²) in [6, 6.07) is 17.1. The van der Waals surface area contributed by atoms with E-state index in [9.17, 15) is 9.59 Å². The summed E-state index contributed by atoms with van der Waals surface area (Å²) in [5.41, 5.74) is 1.45. The summed E-state index contributed by atoms with van der Waals surface area (Å²) in [5, 5.41) is 16.0. The molecular weight excluding hydrogens is 512 g/mol. The van der Waals surface area contributed by atoms with Gasteiger partial charge in [0.05, 0.1) is 27.1 Å². The summed E-state index contributed by atoms with van der Waals surface area (Å²) in [4.78, 5) is 24.9. The monoisotopic (exact) mass is 536 g/mol. The molecule has 4 rings (SSSR count). The van der Waals surface area contributed by atoms with E-state index in [0.29, 0.717) is 32.3 Å². The lowest BCUT2D eigenvalue weighted by atomic mass is 10.1. The van der Waals surface area contributed by atoms with Gasteiger partial charge in [0.15, 0.2) is 15.8 Å². The van der Waals surface area contributed by atoms with Crippen molar-refractivity contribution in [2.75, 3.05) is 37.7 Å². The third kappa shape index (κ3) is 6.57. The average molecular weight is 537 g/mol. The highest BCUT2D eigenvalue weighted by atomic mass is 32.2. The Labute approximate surface area is 221 Å². The largest absolute Gasteiger partial charge is 0.493 e. The van der Waals surface area contributed by atoms with E-state index in [4.69, 9.17) is 14.2 Å². The minimum atomic E-state index is -0.379. The number of nitrogens with zero attached hydrogens (tertiary/aromatic N) is 2. The van der Waals surface area contributed by atoms with E-state index in [0.717, 1.165) is 16.5 Å².